The quantitative estimate of drug-likeness (QED) is 0.157. The van der Waals surface area contributed by atoms with Crippen molar-refractivity contribution < 1.29 is 33.4 Å². The van der Waals surface area contributed by atoms with Crippen LogP contribution in [-0.2, 0) is 25.8 Å². The highest BCUT2D eigenvalue weighted by molar-refractivity contribution is 8.00. The molecular weight excluding hydrogens is 522 g/mol. The third-order valence-electron chi connectivity index (χ3n) is 5.65. The van der Waals surface area contributed by atoms with Crippen molar-refractivity contribution in [2.24, 2.45) is 5.16 Å². The number of fused-ring (bicyclic) bond motifs is 1. The Balaban J connectivity index is 1.35. The Morgan fingerprint density at radius 2 is 2.27 bits per heavy atom. The number of aromatic nitrogens is 3. The van der Waals surface area contributed by atoms with E-state index in [-0.39, 0.29) is 28.8 Å². The molecule has 190 valence electrons. The van der Waals surface area contributed by atoms with Gasteiger partial charge in [0.2, 0.25) is 0 Å². The van der Waals surface area contributed by atoms with Gasteiger partial charge in [0.15, 0.2) is 35.5 Å². The maximum absolute atomic E-state index is 13.0. The Hall–Kier alpha value is -4.24. The summed E-state index contributed by atoms with van der Waals surface area (Å²) in [6, 6.07) is 4.45. The number of nitrogens with zero attached hydrogens (tertiary/aromatic N) is 5. The first-order valence-electron chi connectivity index (χ1n) is 10.8. The Kier molecular flexibility index (Phi) is 6.62. The monoisotopic (exact) mass is 542 g/mol. The molecule has 2 aliphatic rings. The lowest BCUT2D eigenvalue weighted by Gasteiger charge is -2.49. The molecule has 0 bridgehead atoms. The summed E-state index contributed by atoms with van der Waals surface area (Å²) in [4.78, 5) is 48.2. The number of hydrogen-bond donors (Lipinski definition) is 3. The molecule has 0 saturated carbocycles. The molecule has 0 aliphatic carbocycles. The first kappa shape index (κ1) is 24.5. The van der Waals surface area contributed by atoms with Gasteiger partial charge in [-0.05, 0) is 6.07 Å². The lowest BCUT2D eigenvalue weighted by atomic mass is 10.0. The molecule has 0 aromatic carbocycles. The molecule has 5 rings (SSSR count). The first-order valence-corrected chi connectivity index (χ1v) is 12.7. The van der Waals surface area contributed by atoms with E-state index in [1.54, 1.807) is 17.6 Å². The summed E-state index contributed by atoms with van der Waals surface area (Å²) in [6.07, 6.45) is 5.15. The smallest absolute Gasteiger partial charge is 0.352 e. The lowest BCUT2D eigenvalue weighted by Crippen LogP contribution is -2.71. The van der Waals surface area contributed by atoms with E-state index >= 15 is 0 Å². The highest BCUT2D eigenvalue weighted by Gasteiger charge is 2.54. The van der Waals surface area contributed by atoms with Crippen LogP contribution in [0.2, 0.25) is 0 Å². The molecule has 0 radical (unpaired) electrons. The Labute approximate surface area is 217 Å². The van der Waals surface area contributed by atoms with E-state index in [1.165, 1.54) is 30.0 Å². The molecule has 4 N–H and O–H groups in total. The zero-order valence-electron chi connectivity index (χ0n) is 19.2. The van der Waals surface area contributed by atoms with E-state index in [1.807, 2.05) is 22.9 Å². The number of carboxylic acid groups (broad SMARTS) is 1. The van der Waals surface area contributed by atoms with Crippen LogP contribution >= 0.6 is 23.1 Å². The standard InChI is InChI=1S/C22H19N7O6S2/c1-34-27-15(13-10-37-22(23)25-13)18(30)26-16-19(31)29-17(21(32)33)12(9-36-20(16)29)8-28-6-2-3-11(7-28)14-4-5-24-35-14/h2-7,10,16,20H,8-9H2,1H3,(H3-,23,25,26,30,32,33)/p+1/b27-15-/t16-,20+/m1/s1. The molecule has 2 atom stereocenters. The fraction of sp³-hybridized carbons (Fsp3) is 0.227. The van der Waals surface area contributed by atoms with Crippen molar-refractivity contribution >= 4 is 51.7 Å². The number of nitrogens with two attached hydrogens (primary N) is 1. The van der Waals surface area contributed by atoms with Crippen molar-refractivity contribution in [1.29, 1.82) is 0 Å². The minimum absolute atomic E-state index is 0.0881. The number of nitrogens with one attached hydrogen (secondary N) is 1. The second-order valence-electron chi connectivity index (χ2n) is 7.95. The molecule has 0 spiro atoms. The Morgan fingerprint density at radius 1 is 1.43 bits per heavy atom. The van der Waals surface area contributed by atoms with Crippen molar-refractivity contribution in [2.75, 3.05) is 18.6 Å². The van der Waals surface area contributed by atoms with Gasteiger partial charge in [-0.2, -0.15) is 0 Å². The number of aliphatic carboxylic acids is 1. The summed E-state index contributed by atoms with van der Waals surface area (Å²) >= 11 is 2.49. The lowest BCUT2D eigenvalue weighted by molar-refractivity contribution is -0.688. The van der Waals surface area contributed by atoms with Gasteiger partial charge >= 0.3 is 5.97 Å². The van der Waals surface area contributed by atoms with Gasteiger partial charge in [-0.25, -0.2) is 14.3 Å². The number of β-lactam (4-membered cyclic amide) rings is 1. The topological polar surface area (TPSA) is 177 Å². The summed E-state index contributed by atoms with van der Waals surface area (Å²) < 4.78 is 7.01. The van der Waals surface area contributed by atoms with Crippen LogP contribution in [0.5, 0.6) is 0 Å². The number of amides is 2. The van der Waals surface area contributed by atoms with Crippen molar-refractivity contribution in [2.45, 2.75) is 18.0 Å². The average Bonchev–Trinajstić information content (AvgIpc) is 3.57. The number of thioether (sulfide) groups is 1. The summed E-state index contributed by atoms with van der Waals surface area (Å²) in [7, 11) is 1.28. The number of nitrogen functional groups attached to an aromatic ring is 1. The summed E-state index contributed by atoms with van der Waals surface area (Å²) in [5, 5.41) is 21.2. The fourth-order valence-electron chi connectivity index (χ4n) is 4.06. The van der Waals surface area contributed by atoms with Crippen LogP contribution in [0, 0.1) is 0 Å². The largest absolute Gasteiger partial charge is 0.477 e. The van der Waals surface area contributed by atoms with Gasteiger partial charge in [0.1, 0.15) is 29.9 Å². The second kappa shape index (κ2) is 10.0. The van der Waals surface area contributed by atoms with Crippen molar-refractivity contribution in [1.82, 2.24) is 20.4 Å². The van der Waals surface area contributed by atoms with Crippen molar-refractivity contribution in [3.8, 4) is 11.3 Å². The van der Waals surface area contributed by atoms with Crippen molar-refractivity contribution in [3.63, 3.8) is 0 Å². The molecular formula is C22H20N7O6S2+. The number of rotatable bonds is 8. The van der Waals surface area contributed by atoms with Gasteiger partial charge in [0.25, 0.3) is 11.8 Å². The van der Waals surface area contributed by atoms with Crippen LogP contribution in [0.3, 0.4) is 0 Å². The molecule has 5 heterocycles. The molecule has 0 unspecified atom stereocenters. The molecule has 3 aromatic heterocycles. The van der Waals surface area contributed by atoms with Crippen LogP contribution in [0.4, 0.5) is 5.13 Å². The number of pyridine rings is 1. The fourth-order valence-corrected chi connectivity index (χ4v) is 5.94. The number of carboxylic acids is 1. The zero-order valence-corrected chi connectivity index (χ0v) is 20.9. The summed E-state index contributed by atoms with van der Waals surface area (Å²) in [6.45, 7) is 0.250. The third kappa shape index (κ3) is 4.65. The predicted molar refractivity (Wildman–Crippen MR) is 132 cm³/mol. The number of carbonyl (C=O) groups is 3. The molecule has 2 amide bonds. The SMILES string of the molecule is CO/N=C(\C(=O)N[C@@H]1C(=O)N2C(C(=O)O)=C(C[n+]3cccc(-c4ccno4)c3)CS[C@@H]12)c1csc(N)n1. The number of oxime groups is 1. The first-order chi connectivity index (χ1) is 17.9. The zero-order chi connectivity index (χ0) is 26.1. The second-order valence-corrected chi connectivity index (χ2v) is 9.95. The minimum atomic E-state index is -1.22. The predicted octanol–water partition coefficient (Wildman–Crippen LogP) is 0.457. The number of hydrogen-bond acceptors (Lipinski definition) is 11. The minimum Gasteiger partial charge on any atom is -0.477 e. The maximum atomic E-state index is 13.0. The number of anilines is 1. The highest BCUT2D eigenvalue weighted by atomic mass is 32.2. The number of carbonyl (C=O) groups excluding carboxylic acids is 2. The summed E-state index contributed by atoms with van der Waals surface area (Å²) in [5.74, 6) is -1.51. The van der Waals surface area contributed by atoms with E-state index in [4.69, 9.17) is 15.1 Å². The van der Waals surface area contributed by atoms with Crippen LogP contribution in [0.1, 0.15) is 5.69 Å². The highest BCUT2D eigenvalue weighted by Crippen LogP contribution is 2.40. The molecule has 3 aromatic rings. The summed E-state index contributed by atoms with van der Waals surface area (Å²) in [5.41, 5.74) is 6.97. The Bertz CT molecular complexity index is 1430. The normalized spacial score (nSPS) is 19.3. The van der Waals surface area contributed by atoms with Gasteiger partial charge in [0.05, 0.1) is 11.8 Å². The number of thiazole rings is 1. The molecule has 37 heavy (non-hydrogen) atoms. The van der Waals surface area contributed by atoms with Gasteiger partial charge in [-0.1, -0.05) is 10.3 Å². The van der Waals surface area contributed by atoms with Gasteiger partial charge in [0, 0.05) is 28.8 Å². The van der Waals surface area contributed by atoms with E-state index < -0.39 is 29.2 Å². The van der Waals surface area contributed by atoms with Gasteiger partial charge < -0.3 is 25.5 Å². The van der Waals surface area contributed by atoms with E-state index in [2.05, 4.69) is 20.6 Å². The molecule has 1 saturated heterocycles. The average molecular weight is 543 g/mol. The van der Waals surface area contributed by atoms with Crippen LogP contribution < -0.4 is 15.6 Å². The van der Waals surface area contributed by atoms with Crippen LogP contribution in [0.25, 0.3) is 11.3 Å². The van der Waals surface area contributed by atoms with E-state index in [0.29, 0.717) is 17.1 Å². The van der Waals surface area contributed by atoms with Gasteiger partial charge in [-0.15, -0.1) is 23.1 Å². The van der Waals surface area contributed by atoms with E-state index in [9.17, 15) is 19.5 Å². The van der Waals surface area contributed by atoms with Gasteiger partial charge in [-0.3, -0.25) is 14.5 Å². The van der Waals surface area contributed by atoms with Crippen LogP contribution in [0.15, 0.2) is 63.1 Å². The molecule has 1 fully saturated rings. The molecule has 13 nitrogen and oxygen atoms in total. The van der Waals surface area contributed by atoms with Crippen molar-refractivity contribution in [3.05, 3.63) is 59.1 Å². The van der Waals surface area contributed by atoms with Crippen LogP contribution in [-0.4, -0.2) is 67.9 Å². The molecule has 2 aliphatic heterocycles. The molecule has 15 heteroatoms. The third-order valence-corrected chi connectivity index (χ3v) is 7.67. The Morgan fingerprint density at radius 3 is 2.95 bits per heavy atom. The maximum Gasteiger partial charge on any atom is 0.352 e. The van der Waals surface area contributed by atoms with E-state index in [0.717, 1.165) is 16.9 Å².